The number of nitrogens with zero attached hydrogens (tertiary/aromatic N) is 2. The third-order valence-corrected chi connectivity index (χ3v) is 1.09. The third kappa shape index (κ3) is 1.52. The van der Waals surface area contributed by atoms with Gasteiger partial charge in [0.15, 0.2) is 0 Å². The molecule has 2 nitrogen and oxygen atoms in total. The van der Waals surface area contributed by atoms with Crippen molar-refractivity contribution in [2.24, 2.45) is 16.1 Å². The second-order valence-corrected chi connectivity index (χ2v) is 1.69. The van der Waals surface area contributed by atoms with Crippen LogP contribution in [0, 0.1) is 5.92 Å². The average molecular weight is 279 g/mol. The molecule has 0 aliphatic carbocycles. The molecule has 0 aromatic heterocycles. The molecule has 1 unspecified atom stereocenters. The van der Waals surface area contributed by atoms with Crippen molar-refractivity contribution in [2.75, 3.05) is 0 Å². The van der Waals surface area contributed by atoms with Crippen LogP contribution in [0.1, 0.15) is 13.8 Å². The molecule has 0 amide bonds. The molecule has 1 rings (SSSR count). The molecule has 0 saturated carbocycles. The van der Waals surface area contributed by atoms with Crippen LogP contribution in [0.25, 0.3) is 0 Å². The van der Waals surface area contributed by atoms with Gasteiger partial charge in [-0.05, 0) is 6.92 Å². The summed E-state index contributed by atoms with van der Waals surface area (Å²) >= 11 is 0. The minimum Gasteiger partial charge on any atom is -0.375 e. The van der Waals surface area contributed by atoms with Gasteiger partial charge in [-0.15, -0.1) is 5.92 Å². The van der Waals surface area contributed by atoms with Crippen LogP contribution in [0.2, 0.25) is 0 Å². The molecule has 0 saturated heterocycles. The first-order valence-electron chi connectivity index (χ1n) is 2.30. The molecule has 0 aromatic rings. The summed E-state index contributed by atoms with van der Waals surface area (Å²) in [5.41, 5.74) is 1.06. The maximum absolute atomic E-state index is 3.75. The van der Waals surface area contributed by atoms with Gasteiger partial charge in [-0.25, -0.2) is 5.10 Å². The summed E-state index contributed by atoms with van der Waals surface area (Å²) in [4.78, 5) is 0. The zero-order valence-corrected chi connectivity index (χ0v) is 7.81. The maximum atomic E-state index is 3.75. The van der Waals surface area contributed by atoms with Crippen LogP contribution in [0.5, 0.6) is 0 Å². The molecule has 0 bridgehead atoms. The van der Waals surface area contributed by atoms with E-state index in [2.05, 4.69) is 16.4 Å². The molecular weight excluding hydrogens is 272 g/mol. The van der Waals surface area contributed by atoms with Gasteiger partial charge in [0.1, 0.15) is 0 Å². The van der Waals surface area contributed by atoms with Crippen molar-refractivity contribution >= 4 is 11.9 Å². The summed E-state index contributed by atoms with van der Waals surface area (Å²) in [6, 6.07) is 0. The predicted octanol–water partition coefficient (Wildman–Crippen LogP) is 0.957. The van der Waals surface area contributed by atoms with E-state index in [-0.39, 0.29) is 21.1 Å². The van der Waals surface area contributed by atoms with Crippen molar-refractivity contribution in [1.82, 2.24) is 0 Å². The van der Waals surface area contributed by atoms with E-state index in [0.29, 0.717) is 5.92 Å². The Kier molecular flexibility index (Phi) is 3.14. The molecule has 0 fully saturated rings. The third-order valence-electron chi connectivity index (χ3n) is 1.09. The van der Waals surface area contributed by atoms with E-state index in [1.165, 1.54) is 0 Å². The Bertz CT molecular complexity index is 128. The van der Waals surface area contributed by atoms with E-state index in [1.807, 2.05) is 13.8 Å². The van der Waals surface area contributed by atoms with Crippen molar-refractivity contribution in [3.63, 3.8) is 0 Å². The van der Waals surface area contributed by atoms with E-state index >= 15 is 0 Å². The minimum absolute atomic E-state index is 0. The Morgan fingerprint density at radius 1 is 1.62 bits per heavy atom. The second kappa shape index (κ2) is 3.13. The van der Waals surface area contributed by atoms with Crippen LogP contribution >= 0.6 is 0 Å². The quantitative estimate of drug-likeness (QED) is 0.590. The zero-order chi connectivity index (χ0) is 5.28. The SMILES string of the molecule is CC1=NN=[C-]C1C.[W+2]. The molecular formula is C5H7N2W+. The predicted molar refractivity (Wildman–Crippen MR) is 29.7 cm³/mol. The molecule has 3 heteroatoms. The molecule has 8 heavy (non-hydrogen) atoms. The smallest absolute Gasteiger partial charge is 0.375 e. The van der Waals surface area contributed by atoms with Crippen LogP contribution < -0.4 is 0 Å². The van der Waals surface area contributed by atoms with Crippen molar-refractivity contribution in [2.45, 2.75) is 13.8 Å². The van der Waals surface area contributed by atoms with Crippen LogP contribution in [0.15, 0.2) is 10.2 Å². The standard InChI is InChI=1S/C5H7N2.W/c1-4-3-6-7-5(4)2;/h4H,1-2H3;/q-1;+2. The van der Waals surface area contributed by atoms with E-state index in [0.717, 1.165) is 5.71 Å². The summed E-state index contributed by atoms with van der Waals surface area (Å²) in [7, 11) is 0. The molecule has 42 valence electrons. The molecule has 1 aliphatic heterocycles. The molecule has 1 aliphatic rings. The Morgan fingerprint density at radius 2 is 2.25 bits per heavy atom. The molecule has 0 N–H and O–H groups in total. The first-order valence-corrected chi connectivity index (χ1v) is 2.30. The molecule has 1 atom stereocenters. The van der Waals surface area contributed by atoms with E-state index < -0.39 is 0 Å². The summed E-state index contributed by atoms with van der Waals surface area (Å²) in [5.74, 6) is 0.347. The van der Waals surface area contributed by atoms with Gasteiger partial charge in [-0.3, -0.25) is 0 Å². The van der Waals surface area contributed by atoms with Gasteiger partial charge in [0.25, 0.3) is 0 Å². The monoisotopic (exact) mass is 279 g/mol. The van der Waals surface area contributed by atoms with Gasteiger partial charge in [0, 0.05) is 5.71 Å². The average Bonchev–Trinajstić information content (AvgIpc) is 1.91. The number of rotatable bonds is 0. The summed E-state index contributed by atoms with van der Waals surface area (Å²) < 4.78 is 0. The van der Waals surface area contributed by atoms with Crippen molar-refractivity contribution in [3.8, 4) is 0 Å². The maximum Gasteiger partial charge on any atom is 2.00 e. The molecule has 0 aromatic carbocycles. The summed E-state index contributed by atoms with van der Waals surface area (Å²) in [6.45, 7) is 3.98. The van der Waals surface area contributed by atoms with Crippen molar-refractivity contribution < 1.29 is 21.1 Å². The van der Waals surface area contributed by atoms with E-state index in [4.69, 9.17) is 0 Å². The fourth-order valence-corrected chi connectivity index (χ4v) is 0.374. The van der Waals surface area contributed by atoms with Gasteiger partial charge in [-0.1, -0.05) is 6.92 Å². The van der Waals surface area contributed by atoms with E-state index in [9.17, 15) is 0 Å². The van der Waals surface area contributed by atoms with Gasteiger partial charge in [0.05, 0.1) is 0 Å². The second-order valence-electron chi connectivity index (χ2n) is 1.69. The Balaban J connectivity index is 0.000000490. The first kappa shape index (κ1) is 8.03. The Morgan fingerprint density at radius 3 is 2.38 bits per heavy atom. The van der Waals surface area contributed by atoms with Crippen molar-refractivity contribution in [3.05, 3.63) is 0 Å². The van der Waals surface area contributed by atoms with Gasteiger partial charge < -0.3 is 11.3 Å². The van der Waals surface area contributed by atoms with E-state index in [1.54, 1.807) is 0 Å². The van der Waals surface area contributed by atoms with Crippen molar-refractivity contribution in [1.29, 1.82) is 0 Å². The topological polar surface area (TPSA) is 24.7 Å². The van der Waals surface area contributed by atoms with Gasteiger partial charge >= 0.3 is 21.1 Å². The van der Waals surface area contributed by atoms with Crippen LogP contribution in [-0.4, -0.2) is 11.9 Å². The van der Waals surface area contributed by atoms with Gasteiger partial charge in [-0.2, -0.15) is 0 Å². The normalized spacial score (nSPS) is 24.8. The fraction of sp³-hybridized carbons (Fsp3) is 0.600. The van der Waals surface area contributed by atoms with Crippen LogP contribution in [0.3, 0.4) is 0 Å². The minimum atomic E-state index is 0. The first-order chi connectivity index (χ1) is 3.30. The summed E-state index contributed by atoms with van der Waals surface area (Å²) in [6.07, 6.45) is 2.79. The largest absolute Gasteiger partial charge is 2.00 e. The molecule has 0 radical (unpaired) electrons. The molecule has 1 heterocycles. The zero-order valence-electron chi connectivity index (χ0n) is 4.88. The van der Waals surface area contributed by atoms with Gasteiger partial charge in [0.2, 0.25) is 0 Å². The summed E-state index contributed by atoms with van der Waals surface area (Å²) in [5, 5.41) is 7.33. The number of hydrogen-bond donors (Lipinski definition) is 0. The number of hydrogen-bond acceptors (Lipinski definition) is 2. The Hall–Kier alpha value is 0.0283. The Labute approximate surface area is 63.3 Å². The van der Waals surface area contributed by atoms with Crippen LogP contribution in [-0.2, 0) is 21.1 Å². The molecule has 0 spiro atoms. The van der Waals surface area contributed by atoms with Crippen LogP contribution in [0.4, 0.5) is 0 Å². The fourth-order valence-electron chi connectivity index (χ4n) is 0.374.